The second-order valence-electron chi connectivity index (χ2n) is 12.0. The summed E-state index contributed by atoms with van der Waals surface area (Å²) in [6, 6.07) is 0.812. The van der Waals surface area contributed by atoms with Crippen LogP contribution >= 0.6 is 0 Å². The van der Waals surface area contributed by atoms with E-state index >= 15 is 0 Å². The Hall–Kier alpha value is -1.79. The zero-order chi connectivity index (χ0) is 25.2. The zero-order valence-corrected chi connectivity index (χ0v) is 22.0. The molecule has 0 unspecified atom stereocenters. The van der Waals surface area contributed by atoms with Gasteiger partial charge in [0.15, 0.2) is 17.9 Å². The molecule has 2 N–H and O–H groups in total. The Bertz CT molecular complexity index is 976. The number of hydrogen-bond donors (Lipinski definition) is 2. The van der Waals surface area contributed by atoms with Crippen LogP contribution in [0, 0.1) is 11.8 Å². The summed E-state index contributed by atoms with van der Waals surface area (Å²) in [5, 5.41) is 6.83. The number of anilines is 2. The number of nitrogens with zero attached hydrogens (tertiary/aromatic N) is 3. The van der Waals surface area contributed by atoms with E-state index in [0.717, 1.165) is 5.92 Å². The smallest absolute Gasteiger partial charge is 0.323 e. The van der Waals surface area contributed by atoms with Crippen molar-refractivity contribution in [1.82, 2.24) is 15.0 Å². The van der Waals surface area contributed by atoms with Crippen LogP contribution < -0.4 is 15.4 Å². The van der Waals surface area contributed by atoms with Gasteiger partial charge in [-0.3, -0.25) is 0 Å². The van der Waals surface area contributed by atoms with Gasteiger partial charge in [0, 0.05) is 12.1 Å². The fourth-order valence-corrected chi connectivity index (χ4v) is 6.38. The average Bonchev–Trinajstić information content (AvgIpc) is 3.52. The first kappa shape index (κ1) is 24.5. The Balaban J connectivity index is 1.18. The van der Waals surface area contributed by atoms with E-state index in [-0.39, 0.29) is 37.0 Å². The lowest BCUT2D eigenvalue weighted by Crippen LogP contribution is -2.56. The Morgan fingerprint density at radius 1 is 0.889 bits per heavy atom. The largest absolute Gasteiger partial charge is 0.460 e. The minimum absolute atomic E-state index is 0.170. The summed E-state index contributed by atoms with van der Waals surface area (Å²) in [6.45, 7) is 11.8. The van der Waals surface area contributed by atoms with Gasteiger partial charge in [0.2, 0.25) is 11.9 Å². The normalized spacial score (nSPS) is 39.8. The van der Waals surface area contributed by atoms with Crippen molar-refractivity contribution in [3.8, 4) is 6.01 Å². The number of nitrogens with one attached hydrogen (secondary N) is 2. The first-order chi connectivity index (χ1) is 17.0. The summed E-state index contributed by atoms with van der Waals surface area (Å²) in [5.74, 6) is 1.01. The standard InChI is InChI=1S/C25H39N5O6/c1-12(2)26-21-28-22(27-15-10-13-7-8-14(15)9-13)30-23(29-21)31-11-16-17-18(34-24(3,4)33-17)19-20(32-16)36-25(5,6)35-19/h12-20H,7-11H2,1-6H3,(H2,26,27,28,29,30)/t13-,14+,15+,16-,17+,18+,19-,20-/m1/s1. The van der Waals surface area contributed by atoms with Gasteiger partial charge in [0.25, 0.3) is 0 Å². The van der Waals surface area contributed by atoms with Crippen molar-refractivity contribution < 1.29 is 28.4 Å². The minimum atomic E-state index is -0.766. The van der Waals surface area contributed by atoms with Crippen LogP contribution in [0.3, 0.4) is 0 Å². The van der Waals surface area contributed by atoms with Crippen molar-refractivity contribution >= 4 is 11.9 Å². The predicted molar refractivity (Wildman–Crippen MR) is 129 cm³/mol. The third-order valence-corrected chi connectivity index (χ3v) is 7.71. The molecule has 200 valence electrons. The second kappa shape index (κ2) is 8.90. The molecule has 5 fully saturated rings. The molecular weight excluding hydrogens is 466 g/mol. The summed E-state index contributed by atoms with van der Waals surface area (Å²) >= 11 is 0. The van der Waals surface area contributed by atoms with Crippen LogP contribution in [0.2, 0.25) is 0 Å². The van der Waals surface area contributed by atoms with Crippen molar-refractivity contribution in [1.29, 1.82) is 0 Å². The van der Waals surface area contributed by atoms with E-state index in [1.54, 1.807) is 0 Å². The molecule has 3 aliphatic heterocycles. The third kappa shape index (κ3) is 4.88. The molecule has 0 amide bonds. The van der Waals surface area contributed by atoms with Gasteiger partial charge in [-0.05, 0) is 72.6 Å². The highest BCUT2D eigenvalue weighted by molar-refractivity contribution is 5.37. The SMILES string of the molecule is CC(C)Nc1nc(N[C@H]2C[C@@H]3CC[C@H]2C3)nc(OC[C@H]2O[C@@H]3OC(C)(C)O[C@@H]3[C@H]3OC(C)(C)O[C@H]32)n1. The van der Waals surface area contributed by atoms with Crippen molar-refractivity contribution in [2.75, 3.05) is 17.2 Å². The van der Waals surface area contributed by atoms with Gasteiger partial charge in [0.05, 0.1) is 0 Å². The van der Waals surface area contributed by atoms with E-state index in [4.69, 9.17) is 28.4 Å². The lowest BCUT2D eigenvalue weighted by Gasteiger charge is -2.36. The van der Waals surface area contributed by atoms with Crippen LogP contribution in [-0.4, -0.2) is 75.9 Å². The number of fused-ring (bicyclic) bond motifs is 5. The fraction of sp³-hybridized carbons (Fsp3) is 0.880. The monoisotopic (exact) mass is 505 g/mol. The quantitative estimate of drug-likeness (QED) is 0.569. The molecule has 3 saturated heterocycles. The van der Waals surface area contributed by atoms with Crippen LogP contribution in [-0.2, 0) is 23.7 Å². The molecule has 36 heavy (non-hydrogen) atoms. The Kier molecular flexibility index (Phi) is 6.07. The molecular formula is C25H39N5O6. The minimum Gasteiger partial charge on any atom is -0.460 e. The molecule has 1 aromatic heterocycles. The predicted octanol–water partition coefficient (Wildman–Crippen LogP) is 3.07. The Morgan fingerprint density at radius 2 is 1.61 bits per heavy atom. The lowest BCUT2D eigenvalue weighted by molar-refractivity contribution is -0.238. The highest BCUT2D eigenvalue weighted by atomic mass is 16.9. The fourth-order valence-electron chi connectivity index (χ4n) is 6.38. The topological polar surface area (TPSA) is 118 Å². The van der Waals surface area contributed by atoms with Crippen LogP contribution in [0.25, 0.3) is 0 Å². The second-order valence-corrected chi connectivity index (χ2v) is 12.0. The summed E-state index contributed by atoms with van der Waals surface area (Å²) in [7, 11) is 0. The van der Waals surface area contributed by atoms with E-state index in [9.17, 15) is 0 Å². The molecule has 0 aromatic carbocycles. The summed E-state index contributed by atoms with van der Waals surface area (Å²) in [6.07, 6.45) is 2.99. The summed E-state index contributed by atoms with van der Waals surface area (Å²) < 4.78 is 36.9. The molecule has 0 radical (unpaired) electrons. The molecule has 2 bridgehead atoms. The van der Waals surface area contributed by atoms with E-state index < -0.39 is 24.0 Å². The number of hydrogen-bond acceptors (Lipinski definition) is 11. The van der Waals surface area contributed by atoms with Crippen molar-refractivity contribution in [2.45, 2.75) is 122 Å². The van der Waals surface area contributed by atoms with Crippen molar-refractivity contribution in [2.24, 2.45) is 11.8 Å². The maximum Gasteiger partial charge on any atom is 0.323 e. The van der Waals surface area contributed by atoms with Gasteiger partial charge in [-0.15, -0.1) is 0 Å². The Labute approximate surface area is 212 Å². The molecule has 4 heterocycles. The van der Waals surface area contributed by atoms with Gasteiger partial charge in [0.1, 0.15) is 31.0 Å². The summed E-state index contributed by atoms with van der Waals surface area (Å²) in [4.78, 5) is 13.7. The molecule has 2 aliphatic carbocycles. The number of rotatable bonds is 7. The van der Waals surface area contributed by atoms with Crippen LogP contribution in [0.1, 0.15) is 67.2 Å². The summed E-state index contributed by atoms with van der Waals surface area (Å²) in [5.41, 5.74) is 0. The first-order valence-corrected chi connectivity index (χ1v) is 13.3. The van der Waals surface area contributed by atoms with Crippen LogP contribution in [0.4, 0.5) is 11.9 Å². The van der Waals surface area contributed by atoms with Crippen molar-refractivity contribution in [3.63, 3.8) is 0 Å². The molecule has 11 nitrogen and oxygen atoms in total. The molecule has 5 aliphatic rings. The van der Waals surface area contributed by atoms with Crippen LogP contribution in [0.5, 0.6) is 6.01 Å². The van der Waals surface area contributed by atoms with Gasteiger partial charge in [-0.2, -0.15) is 15.0 Å². The third-order valence-electron chi connectivity index (χ3n) is 7.71. The molecule has 8 atom stereocenters. The average molecular weight is 506 g/mol. The molecule has 1 aromatic rings. The van der Waals surface area contributed by atoms with E-state index in [2.05, 4.69) is 25.6 Å². The van der Waals surface area contributed by atoms with E-state index in [1.807, 2.05) is 41.5 Å². The van der Waals surface area contributed by atoms with Gasteiger partial charge >= 0.3 is 6.01 Å². The van der Waals surface area contributed by atoms with Crippen LogP contribution in [0.15, 0.2) is 0 Å². The molecule has 0 spiro atoms. The van der Waals surface area contributed by atoms with Crippen molar-refractivity contribution in [3.05, 3.63) is 0 Å². The van der Waals surface area contributed by atoms with E-state index in [0.29, 0.717) is 23.9 Å². The van der Waals surface area contributed by atoms with E-state index in [1.165, 1.54) is 25.7 Å². The highest BCUT2D eigenvalue weighted by Crippen LogP contribution is 2.46. The Morgan fingerprint density at radius 3 is 2.33 bits per heavy atom. The van der Waals surface area contributed by atoms with Gasteiger partial charge in [-0.25, -0.2) is 0 Å². The first-order valence-electron chi connectivity index (χ1n) is 13.3. The maximum atomic E-state index is 6.26. The molecule has 6 rings (SSSR count). The maximum absolute atomic E-state index is 6.26. The zero-order valence-electron chi connectivity index (χ0n) is 22.0. The highest BCUT2D eigenvalue weighted by Gasteiger charge is 2.60. The van der Waals surface area contributed by atoms with Gasteiger partial charge < -0.3 is 39.1 Å². The molecule has 11 heteroatoms. The van der Waals surface area contributed by atoms with Gasteiger partial charge in [-0.1, -0.05) is 6.42 Å². The number of aromatic nitrogens is 3. The number of ether oxygens (including phenoxy) is 6. The molecule has 2 saturated carbocycles. The lowest BCUT2D eigenvalue weighted by atomic mass is 9.95.